The number of carbonyl (C=O) groups excluding carboxylic acids is 2. The highest BCUT2D eigenvalue weighted by molar-refractivity contribution is 7.92. The normalized spacial score (nSPS) is 10.9. The van der Waals surface area contributed by atoms with E-state index in [1.165, 1.54) is 38.5 Å². The lowest BCUT2D eigenvalue weighted by atomic mass is 10.2. The quantitative estimate of drug-likeness (QED) is 0.504. The second-order valence-corrected chi connectivity index (χ2v) is 8.61. The van der Waals surface area contributed by atoms with Crippen LogP contribution in [0.25, 0.3) is 0 Å². The zero-order valence-electron chi connectivity index (χ0n) is 17.8. The zero-order valence-corrected chi connectivity index (χ0v) is 18.6. The van der Waals surface area contributed by atoms with Crippen molar-refractivity contribution < 1.29 is 31.9 Å². The van der Waals surface area contributed by atoms with Crippen molar-refractivity contribution in [2.45, 2.75) is 4.90 Å². The fourth-order valence-corrected chi connectivity index (χ4v) is 4.42. The standard InChI is InChI=1S/C23H21FN2O6S/c1-31-18-11-9-17(10-12-18)26(33(29,30)19-13-7-16(24)8-14-19)15-22(27)25-21-6-4-3-5-20(21)23(28)32-2/h3-14H,15H2,1-2H3,(H,25,27). The number of esters is 1. The first-order valence-corrected chi connectivity index (χ1v) is 11.1. The van der Waals surface area contributed by atoms with Crippen LogP contribution in [0.4, 0.5) is 15.8 Å². The van der Waals surface area contributed by atoms with E-state index in [4.69, 9.17) is 9.47 Å². The number of carbonyl (C=O) groups is 2. The highest BCUT2D eigenvalue weighted by atomic mass is 32.2. The number of anilines is 2. The molecule has 0 aromatic heterocycles. The summed E-state index contributed by atoms with van der Waals surface area (Å²) >= 11 is 0. The number of amides is 1. The maximum atomic E-state index is 13.3. The number of para-hydroxylation sites is 1. The van der Waals surface area contributed by atoms with Crippen molar-refractivity contribution in [3.05, 3.63) is 84.2 Å². The summed E-state index contributed by atoms with van der Waals surface area (Å²) in [4.78, 5) is 24.6. The third-order valence-electron chi connectivity index (χ3n) is 4.66. The number of nitrogens with one attached hydrogen (secondary N) is 1. The van der Waals surface area contributed by atoms with Gasteiger partial charge in [-0.3, -0.25) is 9.10 Å². The molecular formula is C23H21FN2O6S. The molecule has 3 aromatic rings. The van der Waals surface area contributed by atoms with Crippen molar-refractivity contribution in [3.8, 4) is 5.75 Å². The third-order valence-corrected chi connectivity index (χ3v) is 6.44. The highest BCUT2D eigenvalue weighted by Gasteiger charge is 2.28. The van der Waals surface area contributed by atoms with E-state index in [2.05, 4.69) is 5.32 Å². The Morgan fingerprint density at radius 2 is 1.58 bits per heavy atom. The molecule has 0 atom stereocenters. The van der Waals surface area contributed by atoms with Gasteiger partial charge in [0.25, 0.3) is 10.0 Å². The molecule has 3 aromatic carbocycles. The summed E-state index contributed by atoms with van der Waals surface area (Å²) in [6, 6.07) is 16.5. The van der Waals surface area contributed by atoms with Gasteiger partial charge >= 0.3 is 5.97 Å². The minimum absolute atomic E-state index is 0.116. The summed E-state index contributed by atoms with van der Waals surface area (Å²) in [7, 11) is -1.56. The van der Waals surface area contributed by atoms with Crippen LogP contribution in [-0.4, -0.2) is 41.1 Å². The summed E-state index contributed by atoms with van der Waals surface area (Å²) in [5.41, 5.74) is 0.477. The number of hydrogen-bond acceptors (Lipinski definition) is 6. The minimum atomic E-state index is -4.24. The number of methoxy groups -OCH3 is 2. The molecule has 0 aliphatic rings. The van der Waals surface area contributed by atoms with Gasteiger partial charge in [-0.25, -0.2) is 17.6 Å². The van der Waals surface area contributed by atoms with Crippen LogP contribution in [-0.2, 0) is 19.6 Å². The summed E-state index contributed by atoms with van der Waals surface area (Å²) in [6.07, 6.45) is 0. The van der Waals surface area contributed by atoms with Gasteiger partial charge in [0, 0.05) is 0 Å². The molecule has 8 nitrogen and oxygen atoms in total. The molecule has 0 fully saturated rings. The number of hydrogen-bond donors (Lipinski definition) is 1. The monoisotopic (exact) mass is 472 g/mol. The van der Waals surface area contributed by atoms with E-state index in [1.54, 1.807) is 24.3 Å². The van der Waals surface area contributed by atoms with Gasteiger partial charge in [-0.1, -0.05) is 12.1 Å². The number of sulfonamides is 1. The molecule has 3 rings (SSSR count). The number of halogens is 1. The number of nitrogens with zero attached hydrogens (tertiary/aromatic N) is 1. The zero-order chi connectivity index (χ0) is 24.0. The Balaban J connectivity index is 1.95. The van der Waals surface area contributed by atoms with Crippen molar-refractivity contribution in [1.82, 2.24) is 0 Å². The number of rotatable bonds is 8. The molecule has 1 N–H and O–H groups in total. The lowest BCUT2D eigenvalue weighted by molar-refractivity contribution is -0.114. The predicted molar refractivity (Wildman–Crippen MR) is 120 cm³/mol. The second-order valence-electron chi connectivity index (χ2n) is 6.75. The molecule has 0 spiro atoms. The van der Waals surface area contributed by atoms with Gasteiger partial charge < -0.3 is 14.8 Å². The van der Waals surface area contributed by atoms with Crippen molar-refractivity contribution in [2.24, 2.45) is 0 Å². The first kappa shape index (κ1) is 23.7. The summed E-state index contributed by atoms with van der Waals surface area (Å²) in [6.45, 7) is -0.610. The van der Waals surface area contributed by atoms with Crippen LogP contribution in [0.15, 0.2) is 77.7 Å². The maximum absolute atomic E-state index is 13.3. The Hall–Kier alpha value is -3.92. The topological polar surface area (TPSA) is 102 Å². The molecule has 0 bridgehead atoms. The fraction of sp³-hybridized carbons (Fsp3) is 0.130. The van der Waals surface area contributed by atoms with Gasteiger partial charge in [0.2, 0.25) is 5.91 Å². The van der Waals surface area contributed by atoms with E-state index in [1.807, 2.05) is 0 Å². The third kappa shape index (κ3) is 5.47. The first-order chi connectivity index (χ1) is 15.8. The van der Waals surface area contributed by atoms with Crippen LogP contribution < -0.4 is 14.4 Å². The summed E-state index contributed by atoms with van der Waals surface area (Å²) in [5.74, 6) is -1.46. The lowest BCUT2D eigenvalue weighted by Gasteiger charge is -2.24. The minimum Gasteiger partial charge on any atom is -0.497 e. The van der Waals surface area contributed by atoms with Crippen LogP contribution >= 0.6 is 0 Å². The summed E-state index contributed by atoms with van der Waals surface area (Å²) in [5, 5.41) is 2.55. The molecule has 33 heavy (non-hydrogen) atoms. The molecule has 0 unspecified atom stereocenters. The van der Waals surface area contributed by atoms with Crippen molar-refractivity contribution in [1.29, 1.82) is 0 Å². The average Bonchev–Trinajstić information content (AvgIpc) is 2.82. The molecule has 1 amide bonds. The maximum Gasteiger partial charge on any atom is 0.339 e. The number of benzene rings is 3. The fourth-order valence-electron chi connectivity index (χ4n) is 3.00. The number of ether oxygens (including phenoxy) is 2. The molecule has 0 saturated carbocycles. The molecule has 0 heterocycles. The van der Waals surface area contributed by atoms with Crippen molar-refractivity contribution >= 4 is 33.3 Å². The molecule has 0 radical (unpaired) electrons. The van der Waals surface area contributed by atoms with Crippen LogP contribution in [0.5, 0.6) is 5.75 Å². The SMILES string of the molecule is COC(=O)c1ccccc1NC(=O)CN(c1ccc(OC)cc1)S(=O)(=O)c1ccc(F)cc1. The molecule has 0 aliphatic heterocycles. The van der Waals surface area contributed by atoms with Crippen LogP contribution in [0.1, 0.15) is 10.4 Å². The Bertz CT molecular complexity index is 1240. The van der Waals surface area contributed by atoms with Gasteiger partial charge in [0.1, 0.15) is 18.1 Å². The van der Waals surface area contributed by atoms with Gasteiger partial charge in [0.05, 0.1) is 36.1 Å². The molecular weight excluding hydrogens is 451 g/mol. The Morgan fingerprint density at radius 1 is 0.939 bits per heavy atom. The van der Waals surface area contributed by atoms with E-state index < -0.39 is 34.3 Å². The van der Waals surface area contributed by atoms with Crippen molar-refractivity contribution in [2.75, 3.05) is 30.4 Å². The largest absolute Gasteiger partial charge is 0.497 e. The molecule has 0 aliphatic carbocycles. The van der Waals surface area contributed by atoms with Crippen LogP contribution in [0.3, 0.4) is 0 Å². The average molecular weight is 472 g/mol. The van der Waals surface area contributed by atoms with E-state index >= 15 is 0 Å². The lowest BCUT2D eigenvalue weighted by Crippen LogP contribution is -2.38. The van der Waals surface area contributed by atoms with Gasteiger partial charge in [-0.2, -0.15) is 0 Å². The molecule has 0 saturated heterocycles. The van der Waals surface area contributed by atoms with E-state index in [9.17, 15) is 22.4 Å². The Labute approximate surface area is 190 Å². The first-order valence-electron chi connectivity index (χ1n) is 9.66. The van der Waals surface area contributed by atoms with E-state index in [0.29, 0.717) is 5.75 Å². The van der Waals surface area contributed by atoms with Crippen molar-refractivity contribution in [3.63, 3.8) is 0 Å². The van der Waals surface area contributed by atoms with E-state index in [-0.39, 0.29) is 21.8 Å². The molecule has 10 heteroatoms. The van der Waals surface area contributed by atoms with Gasteiger partial charge in [0.15, 0.2) is 0 Å². The van der Waals surface area contributed by atoms with Crippen LogP contribution in [0, 0.1) is 5.82 Å². The van der Waals surface area contributed by atoms with Gasteiger partial charge in [-0.05, 0) is 60.7 Å². The predicted octanol–water partition coefficient (Wildman–Crippen LogP) is 3.45. The molecule has 172 valence electrons. The summed E-state index contributed by atoms with van der Waals surface area (Å²) < 4.78 is 50.7. The van der Waals surface area contributed by atoms with Crippen LogP contribution in [0.2, 0.25) is 0 Å². The van der Waals surface area contributed by atoms with Gasteiger partial charge in [-0.15, -0.1) is 0 Å². The van der Waals surface area contributed by atoms with E-state index in [0.717, 1.165) is 28.6 Å². The second kappa shape index (κ2) is 10.1. The Morgan fingerprint density at radius 3 is 2.18 bits per heavy atom. The highest BCUT2D eigenvalue weighted by Crippen LogP contribution is 2.26. The smallest absolute Gasteiger partial charge is 0.339 e. The Kier molecular flexibility index (Phi) is 7.29.